The van der Waals surface area contributed by atoms with Gasteiger partial charge in [-0.2, -0.15) is 18.4 Å². The normalized spacial score (nSPS) is 16.7. The number of hydrogen-bond donors (Lipinski definition) is 2. The summed E-state index contributed by atoms with van der Waals surface area (Å²) >= 11 is 0. The maximum atomic E-state index is 15.0. The second-order valence-corrected chi connectivity index (χ2v) is 9.32. The molecule has 3 aromatic rings. The molecule has 0 bridgehead atoms. The van der Waals surface area contributed by atoms with Crippen LogP contribution in [0.15, 0.2) is 36.4 Å². The summed E-state index contributed by atoms with van der Waals surface area (Å²) in [4.78, 5) is 20.5. The lowest BCUT2D eigenvalue weighted by Crippen LogP contribution is -2.36. The Kier molecular flexibility index (Phi) is 8.13. The average molecular weight is 551 g/mol. The largest absolute Gasteiger partial charge is 0.490 e. The number of nitriles is 1. The molecule has 13 heteroatoms. The third kappa shape index (κ3) is 6.87. The van der Waals surface area contributed by atoms with Crippen LogP contribution in [0.1, 0.15) is 43.0 Å². The number of alkyl halides is 4. The summed E-state index contributed by atoms with van der Waals surface area (Å²) in [6.45, 7) is 1.12. The third-order valence-corrected chi connectivity index (χ3v) is 6.45. The molecule has 7 nitrogen and oxygen atoms in total. The zero-order valence-corrected chi connectivity index (χ0v) is 20.4. The highest BCUT2D eigenvalue weighted by Gasteiger charge is 2.38. The van der Waals surface area contributed by atoms with Crippen LogP contribution in [-0.2, 0) is 4.79 Å². The van der Waals surface area contributed by atoms with E-state index in [9.17, 15) is 22.0 Å². The van der Waals surface area contributed by atoms with Crippen LogP contribution in [0.25, 0.3) is 11.0 Å². The molecule has 1 aliphatic carbocycles. The first-order valence-corrected chi connectivity index (χ1v) is 12.1. The molecular weight excluding hydrogens is 528 g/mol. The van der Waals surface area contributed by atoms with Gasteiger partial charge in [0, 0.05) is 30.8 Å². The number of fused-ring (bicyclic) bond motifs is 1. The lowest BCUT2D eigenvalue weighted by Gasteiger charge is -2.35. The van der Waals surface area contributed by atoms with Crippen LogP contribution in [0, 0.1) is 28.9 Å². The van der Waals surface area contributed by atoms with Crippen molar-refractivity contribution in [2.75, 3.05) is 23.3 Å². The molecule has 1 unspecified atom stereocenters. The van der Waals surface area contributed by atoms with Crippen LogP contribution in [0.2, 0.25) is 0 Å². The van der Waals surface area contributed by atoms with E-state index >= 15 is 4.39 Å². The number of nitrogens with one attached hydrogen (secondary N) is 1. The standard InChI is InChI=1S/C24H22F3N5.C2HF3O2/c25-16-2-5-18(19(26)12-16)22(27)15-7-9-32(10-8-15)24-23(29-17-3-4-17)30-21-11-14(13-28)1-6-20(21)31-24;3-2(4,5)1(6)7/h1-2,5-6,11-12,15,17,22H,3-4,7-10H2,(H,29,30);(H,6,7). The first kappa shape index (κ1) is 27.9. The van der Waals surface area contributed by atoms with Gasteiger partial charge in [-0.05, 0) is 55.9 Å². The van der Waals surface area contributed by atoms with Crippen molar-refractivity contribution < 1.29 is 36.2 Å². The molecule has 2 N–H and O–H groups in total. The zero-order valence-electron chi connectivity index (χ0n) is 20.4. The van der Waals surface area contributed by atoms with Crippen LogP contribution < -0.4 is 10.2 Å². The topological polar surface area (TPSA) is 102 Å². The van der Waals surface area contributed by atoms with Crippen molar-refractivity contribution >= 4 is 28.6 Å². The summed E-state index contributed by atoms with van der Waals surface area (Å²) in [5.74, 6) is -3.26. The van der Waals surface area contributed by atoms with Gasteiger partial charge in [0.2, 0.25) is 0 Å². The number of benzene rings is 2. The Morgan fingerprint density at radius 1 is 1.05 bits per heavy atom. The van der Waals surface area contributed by atoms with Gasteiger partial charge in [0.15, 0.2) is 11.6 Å². The van der Waals surface area contributed by atoms with E-state index in [0.717, 1.165) is 30.8 Å². The van der Waals surface area contributed by atoms with Crippen molar-refractivity contribution in [3.8, 4) is 6.07 Å². The second kappa shape index (κ2) is 11.3. The lowest BCUT2D eigenvalue weighted by molar-refractivity contribution is -0.192. The minimum atomic E-state index is -5.08. The van der Waals surface area contributed by atoms with E-state index in [1.807, 2.05) is 0 Å². The van der Waals surface area contributed by atoms with Gasteiger partial charge in [-0.1, -0.05) is 6.07 Å². The van der Waals surface area contributed by atoms with Gasteiger partial charge in [0.05, 0.1) is 22.7 Å². The number of rotatable bonds is 5. The first-order valence-electron chi connectivity index (χ1n) is 12.1. The fourth-order valence-electron chi connectivity index (χ4n) is 4.24. The summed E-state index contributed by atoms with van der Waals surface area (Å²) in [7, 11) is 0. The van der Waals surface area contributed by atoms with E-state index < -0.39 is 30.0 Å². The molecule has 0 spiro atoms. The summed E-state index contributed by atoms with van der Waals surface area (Å²) in [6.07, 6.45) is -3.37. The van der Waals surface area contributed by atoms with E-state index in [1.165, 1.54) is 6.07 Å². The van der Waals surface area contributed by atoms with Gasteiger partial charge in [0.25, 0.3) is 0 Å². The Morgan fingerprint density at radius 2 is 1.72 bits per heavy atom. The van der Waals surface area contributed by atoms with Gasteiger partial charge < -0.3 is 15.3 Å². The molecule has 0 radical (unpaired) electrons. The van der Waals surface area contributed by atoms with Crippen molar-refractivity contribution in [1.29, 1.82) is 5.26 Å². The molecule has 1 atom stereocenters. The summed E-state index contributed by atoms with van der Waals surface area (Å²) < 4.78 is 74.0. The number of aliphatic carboxylic acids is 1. The van der Waals surface area contributed by atoms with Crippen molar-refractivity contribution in [1.82, 2.24) is 9.97 Å². The number of carboxylic acid groups (broad SMARTS) is 1. The summed E-state index contributed by atoms with van der Waals surface area (Å²) in [5, 5.41) is 19.7. The smallest absolute Gasteiger partial charge is 0.475 e. The third-order valence-electron chi connectivity index (χ3n) is 6.45. The number of halogens is 6. The monoisotopic (exact) mass is 551 g/mol. The number of piperidine rings is 1. The number of hydrogen-bond acceptors (Lipinski definition) is 6. The molecule has 2 fully saturated rings. The van der Waals surface area contributed by atoms with Crippen LogP contribution in [-0.4, -0.2) is 46.4 Å². The Labute approximate surface area is 219 Å². The lowest BCUT2D eigenvalue weighted by atomic mass is 9.88. The minimum absolute atomic E-state index is 0.0836. The number of anilines is 2. The number of carboxylic acids is 1. The van der Waals surface area contributed by atoms with Gasteiger partial charge >= 0.3 is 12.1 Å². The van der Waals surface area contributed by atoms with E-state index in [-0.39, 0.29) is 11.5 Å². The molecule has 2 aromatic carbocycles. The first-order chi connectivity index (χ1) is 18.5. The van der Waals surface area contributed by atoms with Gasteiger partial charge in [-0.3, -0.25) is 0 Å². The van der Waals surface area contributed by atoms with Crippen molar-refractivity contribution in [2.24, 2.45) is 5.92 Å². The Morgan fingerprint density at radius 3 is 2.28 bits per heavy atom. The van der Waals surface area contributed by atoms with E-state index in [0.29, 0.717) is 54.4 Å². The molecule has 1 aliphatic heterocycles. The molecule has 0 amide bonds. The quantitative estimate of drug-likeness (QED) is 0.380. The SMILES string of the molecule is N#Cc1ccc2nc(N3CCC(C(F)c4ccc(F)cc4F)CC3)c(NC3CC3)nc2c1.O=C(O)C(F)(F)F. The number of nitrogens with zero attached hydrogens (tertiary/aromatic N) is 4. The molecule has 1 saturated heterocycles. The minimum Gasteiger partial charge on any atom is -0.475 e. The van der Waals surface area contributed by atoms with Gasteiger partial charge in [-0.15, -0.1) is 0 Å². The molecule has 1 saturated carbocycles. The average Bonchev–Trinajstić information content (AvgIpc) is 3.71. The van der Waals surface area contributed by atoms with Gasteiger partial charge in [-0.25, -0.2) is 27.9 Å². The molecule has 39 heavy (non-hydrogen) atoms. The van der Waals surface area contributed by atoms with Crippen molar-refractivity contribution in [2.45, 2.75) is 44.1 Å². The molecule has 206 valence electrons. The van der Waals surface area contributed by atoms with Crippen molar-refractivity contribution in [3.05, 3.63) is 59.2 Å². The maximum Gasteiger partial charge on any atom is 0.490 e. The Balaban J connectivity index is 0.000000448. The summed E-state index contributed by atoms with van der Waals surface area (Å²) in [5.41, 5.74) is 1.79. The molecule has 2 aliphatic rings. The summed E-state index contributed by atoms with van der Waals surface area (Å²) in [6, 6.07) is 10.7. The van der Waals surface area contributed by atoms with Gasteiger partial charge in [0.1, 0.15) is 17.8 Å². The van der Waals surface area contributed by atoms with E-state index in [2.05, 4.69) is 16.3 Å². The Hall–Kier alpha value is -4.08. The highest BCUT2D eigenvalue weighted by Crippen LogP contribution is 2.38. The van der Waals surface area contributed by atoms with Crippen LogP contribution in [0.5, 0.6) is 0 Å². The fourth-order valence-corrected chi connectivity index (χ4v) is 4.24. The van der Waals surface area contributed by atoms with Crippen LogP contribution in [0.3, 0.4) is 0 Å². The number of aromatic nitrogens is 2. The second-order valence-electron chi connectivity index (χ2n) is 9.32. The highest BCUT2D eigenvalue weighted by atomic mass is 19.4. The van der Waals surface area contributed by atoms with E-state index in [4.69, 9.17) is 25.1 Å². The molecule has 1 aromatic heterocycles. The van der Waals surface area contributed by atoms with Crippen LogP contribution >= 0.6 is 0 Å². The van der Waals surface area contributed by atoms with E-state index in [1.54, 1.807) is 18.2 Å². The van der Waals surface area contributed by atoms with Crippen molar-refractivity contribution in [3.63, 3.8) is 0 Å². The number of carbonyl (C=O) groups is 1. The highest BCUT2D eigenvalue weighted by molar-refractivity contribution is 5.82. The molecular formula is C26H23F6N5O2. The predicted octanol–water partition coefficient (Wildman–Crippen LogP) is 5.91. The fraction of sp³-hybridized carbons (Fsp3) is 0.385. The Bertz CT molecular complexity index is 1400. The molecule has 2 heterocycles. The maximum absolute atomic E-state index is 15.0. The zero-order chi connectivity index (χ0) is 28.3. The molecule has 5 rings (SSSR count). The van der Waals surface area contributed by atoms with Crippen LogP contribution in [0.4, 0.5) is 38.0 Å². The predicted molar refractivity (Wildman–Crippen MR) is 130 cm³/mol.